The molecule has 0 heterocycles. The number of para-hydroxylation sites is 1. The number of halogens is 1. The van der Waals surface area contributed by atoms with Crippen molar-refractivity contribution in [3.05, 3.63) is 90.2 Å². The Kier molecular flexibility index (Phi) is 7.44. The van der Waals surface area contributed by atoms with Gasteiger partial charge in [0.25, 0.3) is 15.9 Å². The molecule has 1 N–H and O–H groups in total. The van der Waals surface area contributed by atoms with Crippen molar-refractivity contribution in [2.45, 2.75) is 24.8 Å². The van der Waals surface area contributed by atoms with Gasteiger partial charge in [0.2, 0.25) is 0 Å². The first-order valence-electron chi connectivity index (χ1n) is 10.2. The van der Waals surface area contributed by atoms with Gasteiger partial charge < -0.3 is 10.1 Å². The summed E-state index contributed by atoms with van der Waals surface area (Å²) in [7, 11) is -3.94. The fourth-order valence-corrected chi connectivity index (χ4v) is 4.61. The topological polar surface area (TPSA) is 92.8 Å². The first kappa shape index (κ1) is 23.9. The number of carbonyl (C=O) groups is 2. The molecule has 0 fully saturated rings. The molecule has 1 amide bonds. The van der Waals surface area contributed by atoms with Crippen LogP contribution in [0.2, 0.25) is 0 Å². The van der Waals surface area contributed by atoms with Crippen molar-refractivity contribution in [3.8, 4) is 0 Å². The predicted octanol–water partition coefficient (Wildman–Crippen LogP) is 4.22. The number of nitrogens with one attached hydrogen (secondary N) is 1. The van der Waals surface area contributed by atoms with Crippen LogP contribution in [0.4, 0.5) is 15.8 Å². The predicted molar refractivity (Wildman–Crippen MR) is 123 cm³/mol. The second-order valence-electron chi connectivity index (χ2n) is 7.08. The first-order chi connectivity index (χ1) is 15.7. The van der Waals surface area contributed by atoms with E-state index in [0.29, 0.717) is 5.69 Å². The molecule has 172 valence electrons. The third kappa shape index (κ3) is 5.75. The van der Waals surface area contributed by atoms with Crippen molar-refractivity contribution in [1.29, 1.82) is 0 Å². The van der Waals surface area contributed by atoms with Crippen molar-refractivity contribution in [2.24, 2.45) is 0 Å². The van der Waals surface area contributed by atoms with Gasteiger partial charge in [-0.05, 0) is 62.4 Å². The molecule has 3 aromatic carbocycles. The molecule has 0 saturated heterocycles. The Balaban J connectivity index is 1.75. The third-order valence-electron chi connectivity index (χ3n) is 4.73. The Bertz CT molecular complexity index is 1250. The van der Waals surface area contributed by atoms with Gasteiger partial charge in [-0.2, -0.15) is 0 Å². The summed E-state index contributed by atoms with van der Waals surface area (Å²) in [5.74, 6) is -2.04. The van der Waals surface area contributed by atoms with Crippen LogP contribution in [0.15, 0.2) is 83.8 Å². The van der Waals surface area contributed by atoms with Crippen LogP contribution in [0.5, 0.6) is 0 Å². The average Bonchev–Trinajstić information content (AvgIpc) is 2.80. The van der Waals surface area contributed by atoms with Gasteiger partial charge in [0.15, 0.2) is 6.10 Å². The molecule has 0 radical (unpaired) electrons. The minimum atomic E-state index is -3.94. The zero-order valence-electron chi connectivity index (χ0n) is 18.1. The number of nitrogens with zero attached hydrogens (tertiary/aromatic N) is 1. The summed E-state index contributed by atoms with van der Waals surface area (Å²) in [5, 5.41) is 2.46. The number of benzene rings is 3. The van der Waals surface area contributed by atoms with Crippen LogP contribution in [0.3, 0.4) is 0 Å². The van der Waals surface area contributed by atoms with E-state index in [0.717, 1.165) is 6.07 Å². The highest BCUT2D eigenvalue weighted by Gasteiger charge is 2.25. The van der Waals surface area contributed by atoms with Gasteiger partial charge in [-0.25, -0.2) is 17.6 Å². The van der Waals surface area contributed by atoms with Gasteiger partial charge in [0.05, 0.1) is 16.1 Å². The fourth-order valence-electron chi connectivity index (χ4n) is 3.09. The van der Waals surface area contributed by atoms with E-state index in [9.17, 15) is 22.4 Å². The minimum absolute atomic E-state index is 0.0226. The summed E-state index contributed by atoms with van der Waals surface area (Å²) in [6.07, 6.45) is -1.20. The summed E-state index contributed by atoms with van der Waals surface area (Å²) in [5.41, 5.74) is 0.692. The fraction of sp³-hybridized carbons (Fsp3) is 0.167. The van der Waals surface area contributed by atoms with E-state index in [1.54, 1.807) is 37.3 Å². The van der Waals surface area contributed by atoms with E-state index in [4.69, 9.17) is 4.74 Å². The Morgan fingerprint density at radius 2 is 1.70 bits per heavy atom. The van der Waals surface area contributed by atoms with Crippen LogP contribution >= 0.6 is 0 Å². The minimum Gasteiger partial charge on any atom is -0.449 e. The lowest BCUT2D eigenvalue weighted by atomic mass is 10.2. The monoisotopic (exact) mass is 470 g/mol. The number of amides is 1. The number of rotatable bonds is 8. The molecular formula is C24H23FN2O5S. The summed E-state index contributed by atoms with van der Waals surface area (Å²) < 4.78 is 46.1. The number of sulfonamides is 1. The maximum absolute atomic E-state index is 13.3. The molecule has 0 aliphatic carbocycles. The van der Waals surface area contributed by atoms with Gasteiger partial charge in [-0.1, -0.05) is 30.3 Å². The highest BCUT2D eigenvalue weighted by Crippen LogP contribution is 2.24. The van der Waals surface area contributed by atoms with Crippen molar-refractivity contribution in [1.82, 2.24) is 0 Å². The molecule has 0 spiro atoms. The van der Waals surface area contributed by atoms with Crippen molar-refractivity contribution in [2.75, 3.05) is 16.2 Å². The average molecular weight is 471 g/mol. The number of anilines is 2. The van der Waals surface area contributed by atoms with Gasteiger partial charge in [0, 0.05) is 12.2 Å². The van der Waals surface area contributed by atoms with E-state index >= 15 is 0 Å². The van der Waals surface area contributed by atoms with E-state index in [2.05, 4.69) is 5.32 Å². The molecule has 0 aliphatic rings. The summed E-state index contributed by atoms with van der Waals surface area (Å²) in [4.78, 5) is 24.8. The smallest absolute Gasteiger partial charge is 0.338 e. The van der Waals surface area contributed by atoms with E-state index in [-0.39, 0.29) is 22.7 Å². The number of carbonyl (C=O) groups excluding carboxylic acids is 2. The Labute approximate surface area is 191 Å². The van der Waals surface area contributed by atoms with E-state index < -0.39 is 33.8 Å². The quantitative estimate of drug-likeness (QED) is 0.498. The van der Waals surface area contributed by atoms with Crippen LogP contribution in [-0.4, -0.2) is 32.9 Å². The molecule has 33 heavy (non-hydrogen) atoms. The largest absolute Gasteiger partial charge is 0.449 e. The Morgan fingerprint density at radius 1 is 1.00 bits per heavy atom. The van der Waals surface area contributed by atoms with Crippen molar-refractivity contribution >= 4 is 33.3 Å². The molecule has 3 aromatic rings. The van der Waals surface area contributed by atoms with Gasteiger partial charge in [0.1, 0.15) is 5.82 Å². The van der Waals surface area contributed by atoms with Crippen LogP contribution in [-0.2, 0) is 19.6 Å². The normalized spacial score (nSPS) is 12.0. The molecule has 0 bridgehead atoms. The SMILES string of the molecule is CCN(c1ccccc1)S(=O)(=O)c1cccc(C(=O)OC(C)C(=O)Nc2cccc(F)c2)c1. The maximum atomic E-state index is 13.3. The summed E-state index contributed by atoms with van der Waals surface area (Å²) >= 11 is 0. The summed E-state index contributed by atoms with van der Waals surface area (Å²) in [6, 6.07) is 19.3. The molecule has 7 nitrogen and oxygen atoms in total. The molecule has 0 aliphatic heterocycles. The second kappa shape index (κ2) is 10.3. The molecule has 1 unspecified atom stereocenters. The highest BCUT2D eigenvalue weighted by molar-refractivity contribution is 7.92. The van der Waals surface area contributed by atoms with Gasteiger partial charge >= 0.3 is 5.97 Å². The van der Waals surface area contributed by atoms with Crippen LogP contribution in [0.25, 0.3) is 0 Å². The summed E-state index contributed by atoms with van der Waals surface area (Å²) in [6.45, 7) is 3.27. The lowest BCUT2D eigenvalue weighted by molar-refractivity contribution is -0.123. The number of hydrogen-bond donors (Lipinski definition) is 1. The lowest BCUT2D eigenvalue weighted by Gasteiger charge is -2.23. The molecule has 0 aromatic heterocycles. The lowest BCUT2D eigenvalue weighted by Crippen LogP contribution is -2.31. The second-order valence-corrected chi connectivity index (χ2v) is 8.94. The zero-order valence-corrected chi connectivity index (χ0v) is 18.9. The standard InChI is InChI=1S/C24H23FN2O5S/c1-3-27(21-12-5-4-6-13-21)33(30,31)22-14-7-9-18(15-22)24(29)32-17(2)23(28)26-20-11-8-10-19(25)16-20/h4-17H,3H2,1-2H3,(H,26,28). The van der Waals surface area contributed by atoms with Gasteiger partial charge in [-0.3, -0.25) is 9.10 Å². The van der Waals surface area contributed by atoms with Crippen molar-refractivity contribution in [3.63, 3.8) is 0 Å². The van der Waals surface area contributed by atoms with Crippen LogP contribution in [0.1, 0.15) is 24.2 Å². The first-order valence-corrected chi connectivity index (χ1v) is 11.6. The van der Waals surface area contributed by atoms with E-state index in [1.165, 1.54) is 53.7 Å². The Hall–Kier alpha value is -3.72. The zero-order chi connectivity index (χ0) is 24.0. The van der Waals surface area contributed by atoms with Crippen LogP contribution < -0.4 is 9.62 Å². The number of ether oxygens (including phenoxy) is 1. The number of esters is 1. The maximum Gasteiger partial charge on any atom is 0.338 e. The molecule has 9 heteroatoms. The molecule has 3 rings (SSSR count). The number of hydrogen-bond acceptors (Lipinski definition) is 5. The molecule has 1 atom stereocenters. The molecule has 0 saturated carbocycles. The van der Waals surface area contributed by atoms with Crippen molar-refractivity contribution < 1.29 is 27.1 Å². The van der Waals surface area contributed by atoms with Gasteiger partial charge in [-0.15, -0.1) is 0 Å². The highest BCUT2D eigenvalue weighted by atomic mass is 32.2. The van der Waals surface area contributed by atoms with E-state index in [1.807, 2.05) is 0 Å². The third-order valence-corrected chi connectivity index (χ3v) is 6.63. The van der Waals surface area contributed by atoms with Crippen LogP contribution in [0, 0.1) is 5.82 Å². The Morgan fingerprint density at radius 3 is 2.36 bits per heavy atom. The molecular weight excluding hydrogens is 447 g/mol.